The molecule has 0 fully saturated rings. The highest BCUT2D eigenvalue weighted by Crippen LogP contribution is 1.96. The highest BCUT2D eigenvalue weighted by molar-refractivity contribution is 6.29. The van der Waals surface area contributed by atoms with E-state index in [0.29, 0.717) is 0 Å². The Bertz CT molecular complexity index is 141. The number of rotatable bonds is 2. The first-order chi connectivity index (χ1) is 4.27. The number of aliphatic imine (C=N–C) groups is 1. The molecular formula is C7H10ClN. The van der Waals surface area contributed by atoms with Crippen LogP contribution >= 0.6 is 11.6 Å². The minimum Gasteiger partial charge on any atom is -0.269 e. The summed E-state index contributed by atoms with van der Waals surface area (Å²) in [4.78, 5) is 3.83. The Morgan fingerprint density at radius 2 is 2.22 bits per heavy atom. The van der Waals surface area contributed by atoms with Gasteiger partial charge in [-0.15, -0.1) is 0 Å². The quantitative estimate of drug-likeness (QED) is 0.417. The van der Waals surface area contributed by atoms with Crippen molar-refractivity contribution in [3.63, 3.8) is 0 Å². The molecule has 1 nitrogen and oxygen atoms in total. The van der Waals surface area contributed by atoms with Crippen LogP contribution in [-0.2, 0) is 0 Å². The topological polar surface area (TPSA) is 12.4 Å². The van der Waals surface area contributed by atoms with E-state index in [4.69, 9.17) is 11.6 Å². The van der Waals surface area contributed by atoms with Crippen molar-refractivity contribution in [1.82, 2.24) is 0 Å². The second-order valence-corrected chi connectivity index (χ2v) is 2.10. The van der Waals surface area contributed by atoms with Gasteiger partial charge in [0.2, 0.25) is 0 Å². The van der Waals surface area contributed by atoms with Crippen LogP contribution in [-0.4, -0.2) is 6.21 Å². The van der Waals surface area contributed by atoms with Gasteiger partial charge in [0.05, 0.1) is 0 Å². The van der Waals surface area contributed by atoms with Gasteiger partial charge in [0.1, 0.15) is 0 Å². The fourth-order valence-electron chi connectivity index (χ4n) is 0.311. The second kappa shape index (κ2) is 5.57. The van der Waals surface area contributed by atoms with Gasteiger partial charge in [0.25, 0.3) is 0 Å². The van der Waals surface area contributed by atoms with Crippen molar-refractivity contribution in [2.24, 2.45) is 4.99 Å². The van der Waals surface area contributed by atoms with Gasteiger partial charge in [-0.25, -0.2) is 0 Å². The van der Waals surface area contributed by atoms with Crippen molar-refractivity contribution in [3.05, 3.63) is 23.4 Å². The molecule has 0 aliphatic heterocycles. The zero-order valence-corrected chi connectivity index (χ0v) is 6.39. The third kappa shape index (κ3) is 7.44. The molecule has 0 aliphatic rings. The lowest BCUT2D eigenvalue weighted by molar-refractivity contribution is 1.56. The Kier molecular flexibility index (Phi) is 5.23. The SMILES string of the molecule is CC=N/C=C\C=C(/C)Cl. The summed E-state index contributed by atoms with van der Waals surface area (Å²) >= 11 is 5.51. The van der Waals surface area contributed by atoms with E-state index in [0.717, 1.165) is 5.03 Å². The van der Waals surface area contributed by atoms with E-state index in [2.05, 4.69) is 4.99 Å². The molecule has 0 bridgehead atoms. The first-order valence-electron chi connectivity index (χ1n) is 2.74. The Labute approximate surface area is 60.7 Å². The van der Waals surface area contributed by atoms with Gasteiger partial charge < -0.3 is 0 Å². The Morgan fingerprint density at radius 3 is 2.67 bits per heavy atom. The third-order valence-electron chi connectivity index (χ3n) is 0.647. The van der Waals surface area contributed by atoms with E-state index in [9.17, 15) is 0 Å². The fraction of sp³-hybridized carbons (Fsp3) is 0.286. The molecular weight excluding hydrogens is 134 g/mol. The second-order valence-electron chi connectivity index (χ2n) is 1.50. The van der Waals surface area contributed by atoms with Crippen LogP contribution < -0.4 is 0 Å². The molecule has 0 amide bonds. The maximum atomic E-state index is 5.51. The summed E-state index contributed by atoms with van der Waals surface area (Å²) in [7, 11) is 0. The van der Waals surface area contributed by atoms with Crippen LogP contribution in [0.1, 0.15) is 13.8 Å². The van der Waals surface area contributed by atoms with E-state index in [1.165, 1.54) is 0 Å². The predicted octanol–water partition coefficient (Wildman–Crippen LogP) is 2.73. The standard InChI is InChI=1S/C7H10ClN/c1-3-9-6-4-5-7(2)8/h3-6H,1-2H3/b6-4-,7-5+,9-3?. The van der Waals surface area contributed by atoms with Crippen molar-refractivity contribution in [3.8, 4) is 0 Å². The molecule has 0 saturated carbocycles. The van der Waals surface area contributed by atoms with Crippen molar-refractivity contribution in [2.45, 2.75) is 13.8 Å². The highest BCUT2D eigenvalue weighted by Gasteiger charge is 1.70. The first kappa shape index (κ1) is 8.44. The smallest absolute Gasteiger partial charge is 0.0264 e. The maximum Gasteiger partial charge on any atom is 0.0264 e. The van der Waals surface area contributed by atoms with Crippen molar-refractivity contribution >= 4 is 17.8 Å². The summed E-state index contributed by atoms with van der Waals surface area (Å²) in [5.41, 5.74) is 0. The summed E-state index contributed by atoms with van der Waals surface area (Å²) in [6.07, 6.45) is 6.98. The Balaban J connectivity index is 3.60. The van der Waals surface area contributed by atoms with Gasteiger partial charge in [-0.05, 0) is 26.0 Å². The fourth-order valence-corrected chi connectivity index (χ4v) is 0.384. The van der Waals surface area contributed by atoms with Gasteiger partial charge in [0, 0.05) is 17.4 Å². The molecule has 0 heterocycles. The molecule has 0 aromatic carbocycles. The lowest BCUT2D eigenvalue weighted by Gasteiger charge is -1.76. The van der Waals surface area contributed by atoms with E-state index < -0.39 is 0 Å². The molecule has 0 atom stereocenters. The monoisotopic (exact) mass is 143 g/mol. The molecule has 2 heteroatoms. The molecule has 9 heavy (non-hydrogen) atoms. The molecule has 0 aliphatic carbocycles. The molecule has 0 unspecified atom stereocenters. The number of hydrogen-bond donors (Lipinski definition) is 0. The van der Waals surface area contributed by atoms with Gasteiger partial charge in [-0.3, -0.25) is 4.99 Å². The molecule has 0 aromatic heterocycles. The lowest BCUT2D eigenvalue weighted by atomic mass is 10.5. The van der Waals surface area contributed by atoms with Gasteiger partial charge in [-0.2, -0.15) is 0 Å². The van der Waals surface area contributed by atoms with Crippen LogP contribution in [0.25, 0.3) is 0 Å². The number of nitrogens with zero attached hydrogens (tertiary/aromatic N) is 1. The molecule has 0 spiro atoms. The van der Waals surface area contributed by atoms with Crippen LogP contribution in [0.4, 0.5) is 0 Å². The van der Waals surface area contributed by atoms with Gasteiger partial charge >= 0.3 is 0 Å². The normalized spacial score (nSPS) is 13.9. The van der Waals surface area contributed by atoms with Crippen molar-refractivity contribution in [2.75, 3.05) is 0 Å². The summed E-state index contributed by atoms with van der Waals surface area (Å²) in [6.45, 7) is 3.68. The lowest BCUT2D eigenvalue weighted by Crippen LogP contribution is -1.56. The first-order valence-corrected chi connectivity index (χ1v) is 3.12. The van der Waals surface area contributed by atoms with Crippen molar-refractivity contribution < 1.29 is 0 Å². The average Bonchev–Trinajstić information content (AvgIpc) is 1.80. The van der Waals surface area contributed by atoms with Crippen LogP contribution in [0, 0.1) is 0 Å². The van der Waals surface area contributed by atoms with Gasteiger partial charge in [-0.1, -0.05) is 11.6 Å². The minimum atomic E-state index is 0.762. The number of hydrogen-bond acceptors (Lipinski definition) is 1. The summed E-state index contributed by atoms with van der Waals surface area (Å²) in [6, 6.07) is 0. The summed E-state index contributed by atoms with van der Waals surface area (Å²) < 4.78 is 0. The maximum absolute atomic E-state index is 5.51. The van der Waals surface area contributed by atoms with E-state index in [1.807, 2.05) is 13.8 Å². The largest absolute Gasteiger partial charge is 0.269 e. The average molecular weight is 144 g/mol. The number of allylic oxidation sites excluding steroid dienone is 3. The highest BCUT2D eigenvalue weighted by atomic mass is 35.5. The third-order valence-corrected chi connectivity index (χ3v) is 0.773. The summed E-state index contributed by atoms with van der Waals surface area (Å²) in [5, 5.41) is 0.762. The van der Waals surface area contributed by atoms with Crippen molar-refractivity contribution in [1.29, 1.82) is 0 Å². The minimum absolute atomic E-state index is 0.762. The predicted molar refractivity (Wildman–Crippen MR) is 42.9 cm³/mol. The Hall–Kier alpha value is -0.560. The zero-order valence-electron chi connectivity index (χ0n) is 5.63. The molecule has 0 radical (unpaired) electrons. The molecule has 50 valence electrons. The van der Waals surface area contributed by atoms with E-state index in [-0.39, 0.29) is 0 Å². The molecule has 0 aromatic rings. The molecule has 0 rings (SSSR count). The van der Waals surface area contributed by atoms with E-state index in [1.54, 1.807) is 24.6 Å². The van der Waals surface area contributed by atoms with Gasteiger partial charge in [0.15, 0.2) is 0 Å². The van der Waals surface area contributed by atoms with E-state index >= 15 is 0 Å². The molecule has 0 saturated heterocycles. The number of halogens is 1. The Morgan fingerprint density at radius 1 is 1.56 bits per heavy atom. The van der Waals surface area contributed by atoms with Crippen LogP contribution in [0.5, 0.6) is 0 Å². The zero-order chi connectivity index (χ0) is 7.11. The van der Waals surface area contributed by atoms with Crippen LogP contribution in [0.2, 0.25) is 0 Å². The van der Waals surface area contributed by atoms with Crippen LogP contribution in [0.3, 0.4) is 0 Å². The molecule has 0 N–H and O–H groups in total. The van der Waals surface area contributed by atoms with Crippen LogP contribution in [0.15, 0.2) is 28.4 Å². The summed E-state index contributed by atoms with van der Waals surface area (Å²) in [5.74, 6) is 0.